The summed E-state index contributed by atoms with van der Waals surface area (Å²) in [5.41, 5.74) is 2.92. The summed E-state index contributed by atoms with van der Waals surface area (Å²) in [4.78, 5) is 19.6. The summed E-state index contributed by atoms with van der Waals surface area (Å²) in [6.45, 7) is 4.61. The van der Waals surface area contributed by atoms with Gasteiger partial charge < -0.3 is 19.2 Å². The number of rotatable bonds is 8. The van der Waals surface area contributed by atoms with Gasteiger partial charge in [0.2, 0.25) is 5.88 Å². The third-order valence-corrected chi connectivity index (χ3v) is 6.40. The van der Waals surface area contributed by atoms with Crippen molar-refractivity contribution in [1.82, 2.24) is 15.0 Å². The maximum Gasteiger partial charge on any atom is 0.254 e. The Morgan fingerprint density at radius 1 is 1.12 bits per heavy atom. The van der Waals surface area contributed by atoms with E-state index in [1.807, 2.05) is 49.3 Å². The van der Waals surface area contributed by atoms with E-state index in [4.69, 9.17) is 4.52 Å². The minimum Gasteiger partial charge on any atom is -0.338 e. The zero-order valence-corrected chi connectivity index (χ0v) is 20.2. The van der Waals surface area contributed by atoms with E-state index in [9.17, 15) is 9.18 Å². The summed E-state index contributed by atoms with van der Waals surface area (Å²) in [6, 6.07) is 16.1. The molecular weight excluding hydrogens is 431 g/mol. The summed E-state index contributed by atoms with van der Waals surface area (Å²) in [7, 11) is 3.95. The smallest absolute Gasteiger partial charge is 0.254 e. The molecular formula is C27H33FN4O2. The summed E-state index contributed by atoms with van der Waals surface area (Å²) in [5.74, 6) is 0.100. The first-order valence-electron chi connectivity index (χ1n) is 11.9. The minimum absolute atomic E-state index is 0.209. The van der Waals surface area contributed by atoms with Crippen molar-refractivity contribution in [3.05, 3.63) is 71.5 Å². The number of nitrogens with zero attached hydrogens (tertiary/aromatic N) is 4. The van der Waals surface area contributed by atoms with Crippen LogP contribution >= 0.6 is 0 Å². The van der Waals surface area contributed by atoms with Crippen LogP contribution < -0.4 is 4.90 Å². The molecule has 7 heteroatoms. The van der Waals surface area contributed by atoms with Crippen LogP contribution in [0.2, 0.25) is 0 Å². The van der Waals surface area contributed by atoms with Crippen molar-refractivity contribution in [2.24, 2.45) is 0 Å². The van der Waals surface area contributed by atoms with E-state index in [0.29, 0.717) is 31.2 Å². The number of aromatic nitrogens is 1. The molecule has 2 aromatic carbocycles. The quantitative estimate of drug-likeness (QED) is 0.466. The maximum atomic E-state index is 13.9. The summed E-state index contributed by atoms with van der Waals surface area (Å²) in [6.07, 6.45) is 3.38. The van der Waals surface area contributed by atoms with Gasteiger partial charge >= 0.3 is 0 Å². The number of benzene rings is 2. The first-order chi connectivity index (χ1) is 16.4. The number of likely N-dealkylation sites (N-methyl/N-ethyl adjacent to an activating group) is 1. The van der Waals surface area contributed by atoms with E-state index in [2.05, 4.69) is 17.0 Å². The molecule has 4 rings (SSSR count). The van der Waals surface area contributed by atoms with Gasteiger partial charge in [-0.2, -0.15) is 0 Å². The fourth-order valence-electron chi connectivity index (χ4n) is 4.46. The first kappa shape index (κ1) is 24.0. The molecule has 1 atom stereocenters. The Hall–Kier alpha value is -3.19. The highest BCUT2D eigenvalue weighted by molar-refractivity contribution is 5.94. The summed E-state index contributed by atoms with van der Waals surface area (Å²) >= 11 is 0. The number of piperidine rings is 1. The van der Waals surface area contributed by atoms with Crippen LogP contribution in [0.15, 0.2) is 59.1 Å². The van der Waals surface area contributed by atoms with Crippen LogP contribution in [0.4, 0.5) is 10.3 Å². The van der Waals surface area contributed by atoms with Gasteiger partial charge in [0.1, 0.15) is 11.5 Å². The van der Waals surface area contributed by atoms with Gasteiger partial charge in [0.25, 0.3) is 5.91 Å². The van der Waals surface area contributed by atoms with Gasteiger partial charge in [0.05, 0.1) is 12.1 Å². The Balaban J connectivity index is 1.74. The summed E-state index contributed by atoms with van der Waals surface area (Å²) < 4.78 is 19.9. The molecule has 1 aromatic heterocycles. The standard InChI is InChI=1S/C27H33FN4O2/c1-20-10-7-8-15-32(20)27-24(25(29-34-27)21-11-5-4-6-12-21)19-31(17-16-30(2)3)26(33)22-13-9-14-23(28)18-22/h4-6,9,11-14,18,20H,7-8,10,15-17,19H2,1-3H3/t20-/m0/s1. The molecule has 1 aliphatic heterocycles. The van der Waals surface area contributed by atoms with Gasteiger partial charge in [0, 0.05) is 36.8 Å². The van der Waals surface area contributed by atoms with Crippen molar-refractivity contribution in [2.75, 3.05) is 38.6 Å². The third-order valence-electron chi connectivity index (χ3n) is 6.40. The van der Waals surface area contributed by atoms with Crippen molar-refractivity contribution in [3.63, 3.8) is 0 Å². The van der Waals surface area contributed by atoms with E-state index in [1.165, 1.54) is 18.6 Å². The van der Waals surface area contributed by atoms with Crippen molar-refractivity contribution < 1.29 is 13.7 Å². The molecule has 0 bridgehead atoms. The molecule has 1 aliphatic rings. The highest BCUT2D eigenvalue weighted by atomic mass is 19.1. The van der Waals surface area contributed by atoms with Crippen LogP contribution in [0, 0.1) is 5.82 Å². The van der Waals surface area contributed by atoms with Crippen LogP contribution in [0.25, 0.3) is 11.3 Å². The Morgan fingerprint density at radius 2 is 1.91 bits per heavy atom. The van der Waals surface area contributed by atoms with Crippen molar-refractivity contribution >= 4 is 11.8 Å². The van der Waals surface area contributed by atoms with Gasteiger partial charge in [-0.05, 0) is 58.5 Å². The Morgan fingerprint density at radius 3 is 2.62 bits per heavy atom. The fourth-order valence-corrected chi connectivity index (χ4v) is 4.46. The monoisotopic (exact) mass is 464 g/mol. The average molecular weight is 465 g/mol. The molecule has 34 heavy (non-hydrogen) atoms. The second-order valence-electron chi connectivity index (χ2n) is 9.26. The van der Waals surface area contributed by atoms with E-state index >= 15 is 0 Å². The summed E-state index contributed by atoms with van der Waals surface area (Å²) in [5, 5.41) is 4.47. The van der Waals surface area contributed by atoms with Crippen molar-refractivity contribution in [1.29, 1.82) is 0 Å². The lowest BCUT2D eigenvalue weighted by atomic mass is 10.0. The van der Waals surface area contributed by atoms with E-state index in [1.54, 1.807) is 17.0 Å². The van der Waals surface area contributed by atoms with Crippen LogP contribution in [0.1, 0.15) is 42.1 Å². The SMILES string of the molecule is C[C@H]1CCCCN1c1onc(-c2ccccc2)c1CN(CCN(C)C)C(=O)c1cccc(F)c1. The number of amides is 1. The molecule has 0 aliphatic carbocycles. The molecule has 0 saturated carbocycles. The molecule has 0 radical (unpaired) electrons. The molecule has 6 nitrogen and oxygen atoms in total. The van der Waals surface area contributed by atoms with Crippen LogP contribution in [0.5, 0.6) is 0 Å². The lowest BCUT2D eigenvalue weighted by Gasteiger charge is -2.34. The van der Waals surface area contributed by atoms with Gasteiger partial charge in [-0.15, -0.1) is 0 Å². The van der Waals surface area contributed by atoms with Gasteiger partial charge in [-0.25, -0.2) is 4.39 Å². The predicted octanol–water partition coefficient (Wildman–Crippen LogP) is 5.06. The van der Waals surface area contributed by atoms with Crippen LogP contribution in [-0.2, 0) is 6.54 Å². The Kier molecular flexibility index (Phi) is 7.63. The van der Waals surface area contributed by atoms with Crippen molar-refractivity contribution in [2.45, 2.75) is 38.8 Å². The van der Waals surface area contributed by atoms with Gasteiger partial charge in [0.15, 0.2) is 0 Å². The largest absolute Gasteiger partial charge is 0.338 e. The van der Waals surface area contributed by atoms with Crippen LogP contribution in [-0.4, -0.2) is 60.6 Å². The minimum atomic E-state index is -0.420. The Bertz CT molecular complexity index is 1100. The zero-order chi connectivity index (χ0) is 24.1. The van der Waals surface area contributed by atoms with E-state index < -0.39 is 5.82 Å². The molecule has 0 unspecified atom stereocenters. The fraction of sp³-hybridized carbons (Fsp3) is 0.407. The van der Waals surface area contributed by atoms with Gasteiger partial charge in [-0.3, -0.25) is 4.79 Å². The number of carbonyl (C=O) groups excluding carboxylic acids is 1. The molecule has 2 heterocycles. The molecule has 1 saturated heterocycles. The molecule has 1 amide bonds. The number of halogens is 1. The normalized spacial score (nSPS) is 16.1. The molecule has 1 fully saturated rings. The lowest BCUT2D eigenvalue weighted by Crippen LogP contribution is -2.39. The molecule has 0 spiro atoms. The van der Waals surface area contributed by atoms with Crippen LogP contribution in [0.3, 0.4) is 0 Å². The molecule has 3 aromatic rings. The maximum absolute atomic E-state index is 13.9. The second kappa shape index (κ2) is 10.8. The lowest BCUT2D eigenvalue weighted by molar-refractivity contribution is 0.0731. The first-order valence-corrected chi connectivity index (χ1v) is 11.9. The van der Waals surface area contributed by atoms with Crippen molar-refractivity contribution in [3.8, 4) is 11.3 Å². The van der Waals surface area contributed by atoms with E-state index in [0.717, 1.165) is 42.1 Å². The highest BCUT2D eigenvalue weighted by Gasteiger charge is 2.30. The number of hydrogen-bond acceptors (Lipinski definition) is 5. The third kappa shape index (κ3) is 5.47. The molecule has 0 N–H and O–H groups in total. The average Bonchev–Trinajstić information content (AvgIpc) is 3.25. The van der Waals surface area contributed by atoms with E-state index in [-0.39, 0.29) is 5.91 Å². The molecule has 180 valence electrons. The van der Waals surface area contributed by atoms with Gasteiger partial charge in [-0.1, -0.05) is 41.6 Å². The topological polar surface area (TPSA) is 52.8 Å². The number of carbonyl (C=O) groups is 1. The number of anilines is 1. The highest BCUT2D eigenvalue weighted by Crippen LogP contribution is 2.35. The second-order valence-corrected chi connectivity index (χ2v) is 9.26. The predicted molar refractivity (Wildman–Crippen MR) is 132 cm³/mol. The zero-order valence-electron chi connectivity index (χ0n) is 20.2. The Labute approximate surface area is 200 Å². The number of hydrogen-bond donors (Lipinski definition) is 0.